The van der Waals surface area contributed by atoms with E-state index in [2.05, 4.69) is 11.2 Å². The lowest BCUT2D eigenvalue weighted by Gasteiger charge is -2.16. The molecule has 0 radical (unpaired) electrons. The minimum atomic E-state index is -0.484. The molecule has 0 aliphatic heterocycles. The topological polar surface area (TPSA) is 12.0 Å². The van der Waals surface area contributed by atoms with Gasteiger partial charge in [-0.15, -0.1) is 12.3 Å². The fourth-order valence-electron chi connectivity index (χ4n) is 1.77. The van der Waals surface area contributed by atoms with E-state index in [1.807, 2.05) is 0 Å². The third kappa shape index (κ3) is 4.16. The number of rotatable bonds is 6. The molecule has 17 heavy (non-hydrogen) atoms. The van der Waals surface area contributed by atoms with Crippen LogP contribution >= 0.6 is 0 Å². The lowest BCUT2D eigenvalue weighted by atomic mass is 10.0. The Kier molecular flexibility index (Phi) is 5.65. The molecular formula is C14H17F2N. The van der Waals surface area contributed by atoms with Crippen LogP contribution in [-0.4, -0.2) is 13.1 Å². The molecule has 0 bridgehead atoms. The maximum Gasteiger partial charge on any atom is 0.129 e. The summed E-state index contributed by atoms with van der Waals surface area (Å²) in [7, 11) is 1.79. The van der Waals surface area contributed by atoms with Gasteiger partial charge in [-0.25, -0.2) is 8.78 Å². The number of unbranched alkanes of at least 4 members (excludes halogenated alkanes) is 1. The molecule has 0 aliphatic rings. The maximum atomic E-state index is 13.4. The van der Waals surface area contributed by atoms with E-state index in [4.69, 9.17) is 6.42 Å². The highest BCUT2D eigenvalue weighted by Gasteiger charge is 2.13. The van der Waals surface area contributed by atoms with Crippen LogP contribution in [0.15, 0.2) is 18.2 Å². The van der Waals surface area contributed by atoms with E-state index in [-0.39, 0.29) is 11.6 Å². The number of likely N-dealkylation sites (N-methyl/N-ethyl adjacent to an activating group) is 1. The van der Waals surface area contributed by atoms with Gasteiger partial charge in [-0.05, 0) is 38.4 Å². The molecule has 1 unspecified atom stereocenters. The standard InChI is InChI=1S/C14H17F2N/c1-3-4-5-7-11(17-2)10-12-13(15)8-6-9-14(12)16/h1,6,8-9,11,17H,4-5,7,10H2,2H3. The number of terminal acetylenes is 1. The van der Waals surface area contributed by atoms with Crippen LogP contribution in [-0.2, 0) is 6.42 Å². The number of benzene rings is 1. The van der Waals surface area contributed by atoms with Gasteiger partial charge in [-0.3, -0.25) is 0 Å². The summed E-state index contributed by atoms with van der Waals surface area (Å²) in [5, 5.41) is 3.06. The van der Waals surface area contributed by atoms with Crippen molar-refractivity contribution >= 4 is 0 Å². The van der Waals surface area contributed by atoms with Gasteiger partial charge < -0.3 is 5.32 Å². The van der Waals surface area contributed by atoms with E-state index in [0.29, 0.717) is 12.8 Å². The molecule has 3 heteroatoms. The lowest BCUT2D eigenvalue weighted by molar-refractivity contribution is 0.474. The zero-order chi connectivity index (χ0) is 12.7. The molecule has 0 aliphatic carbocycles. The van der Waals surface area contributed by atoms with Crippen LogP contribution in [0.1, 0.15) is 24.8 Å². The molecule has 0 amide bonds. The summed E-state index contributed by atoms with van der Waals surface area (Å²) >= 11 is 0. The van der Waals surface area contributed by atoms with Crippen molar-refractivity contribution in [3.05, 3.63) is 35.4 Å². The van der Waals surface area contributed by atoms with Crippen molar-refractivity contribution in [2.75, 3.05) is 7.05 Å². The summed E-state index contributed by atoms with van der Waals surface area (Å²) in [4.78, 5) is 0. The fraction of sp³-hybridized carbons (Fsp3) is 0.429. The minimum absolute atomic E-state index is 0.0507. The first-order valence-electron chi connectivity index (χ1n) is 5.72. The lowest BCUT2D eigenvalue weighted by Crippen LogP contribution is -2.28. The second-order valence-electron chi connectivity index (χ2n) is 3.99. The number of hydrogen-bond donors (Lipinski definition) is 1. The Hall–Kier alpha value is -1.40. The van der Waals surface area contributed by atoms with Crippen LogP contribution in [0.5, 0.6) is 0 Å². The average molecular weight is 237 g/mol. The highest BCUT2D eigenvalue weighted by Crippen LogP contribution is 2.16. The summed E-state index contributed by atoms with van der Waals surface area (Å²) in [6.45, 7) is 0. The minimum Gasteiger partial charge on any atom is -0.317 e. The monoisotopic (exact) mass is 237 g/mol. The zero-order valence-electron chi connectivity index (χ0n) is 9.97. The predicted molar refractivity (Wildman–Crippen MR) is 65.6 cm³/mol. The van der Waals surface area contributed by atoms with Gasteiger partial charge in [0, 0.05) is 18.0 Å². The molecule has 1 aromatic rings. The van der Waals surface area contributed by atoms with E-state index < -0.39 is 11.6 Å². The van der Waals surface area contributed by atoms with Crippen molar-refractivity contribution in [2.24, 2.45) is 0 Å². The summed E-state index contributed by atoms with van der Waals surface area (Å²) in [6.07, 6.45) is 7.88. The molecule has 1 N–H and O–H groups in total. The van der Waals surface area contributed by atoms with Crippen LogP contribution in [0.3, 0.4) is 0 Å². The first-order valence-corrected chi connectivity index (χ1v) is 5.72. The highest BCUT2D eigenvalue weighted by atomic mass is 19.1. The van der Waals surface area contributed by atoms with Gasteiger partial charge in [-0.1, -0.05) is 6.07 Å². The van der Waals surface area contributed by atoms with E-state index in [0.717, 1.165) is 12.8 Å². The second kappa shape index (κ2) is 7.03. The van der Waals surface area contributed by atoms with Crippen molar-refractivity contribution in [3.63, 3.8) is 0 Å². The molecule has 1 aromatic carbocycles. The molecule has 1 atom stereocenters. The van der Waals surface area contributed by atoms with Gasteiger partial charge in [-0.2, -0.15) is 0 Å². The quantitative estimate of drug-likeness (QED) is 0.592. The Balaban J connectivity index is 2.64. The SMILES string of the molecule is C#CCCCC(Cc1c(F)cccc1F)NC. The molecule has 92 valence electrons. The zero-order valence-corrected chi connectivity index (χ0v) is 9.97. The largest absolute Gasteiger partial charge is 0.317 e. The first kappa shape index (κ1) is 13.7. The Bertz CT molecular complexity index is 375. The molecule has 0 fully saturated rings. The van der Waals surface area contributed by atoms with E-state index in [9.17, 15) is 8.78 Å². The van der Waals surface area contributed by atoms with Crippen LogP contribution in [0.2, 0.25) is 0 Å². The van der Waals surface area contributed by atoms with E-state index >= 15 is 0 Å². The van der Waals surface area contributed by atoms with Gasteiger partial charge in [0.05, 0.1) is 0 Å². The van der Waals surface area contributed by atoms with Crippen molar-refractivity contribution in [3.8, 4) is 12.3 Å². The Morgan fingerprint density at radius 3 is 2.53 bits per heavy atom. The van der Waals surface area contributed by atoms with Crippen LogP contribution in [0.4, 0.5) is 8.78 Å². The predicted octanol–water partition coefficient (Wildman–Crippen LogP) is 2.90. The van der Waals surface area contributed by atoms with Crippen molar-refractivity contribution in [1.29, 1.82) is 0 Å². The molecule has 0 spiro atoms. The van der Waals surface area contributed by atoms with Crippen LogP contribution in [0, 0.1) is 24.0 Å². The summed E-state index contributed by atoms with van der Waals surface area (Å²) in [5.41, 5.74) is 0.146. The summed E-state index contributed by atoms with van der Waals surface area (Å²) < 4.78 is 26.9. The van der Waals surface area contributed by atoms with Gasteiger partial charge in [0.15, 0.2) is 0 Å². The fourth-order valence-corrected chi connectivity index (χ4v) is 1.77. The molecule has 0 saturated heterocycles. The van der Waals surface area contributed by atoms with Gasteiger partial charge >= 0.3 is 0 Å². The third-order valence-electron chi connectivity index (χ3n) is 2.79. The number of nitrogens with one attached hydrogen (secondary N) is 1. The Labute approximate surface area is 101 Å². The molecule has 0 saturated carbocycles. The number of halogens is 2. The molecule has 1 nitrogen and oxygen atoms in total. The van der Waals surface area contributed by atoms with Crippen molar-refractivity contribution < 1.29 is 8.78 Å². The van der Waals surface area contributed by atoms with Gasteiger partial charge in [0.1, 0.15) is 11.6 Å². The van der Waals surface area contributed by atoms with Crippen molar-refractivity contribution in [1.82, 2.24) is 5.32 Å². The van der Waals surface area contributed by atoms with Crippen molar-refractivity contribution in [2.45, 2.75) is 31.7 Å². The highest BCUT2D eigenvalue weighted by molar-refractivity contribution is 5.20. The first-order chi connectivity index (χ1) is 8.19. The summed E-state index contributed by atoms with van der Waals surface area (Å²) in [5.74, 6) is 1.59. The second-order valence-corrected chi connectivity index (χ2v) is 3.99. The molecular weight excluding hydrogens is 220 g/mol. The smallest absolute Gasteiger partial charge is 0.129 e. The molecule has 0 heterocycles. The van der Waals surface area contributed by atoms with Gasteiger partial charge in [0.2, 0.25) is 0 Å². The average Bonchev–Trinajstić information content (AvgIpc) is 2.32. The summed E-state index contributed by atoms with van der Waals surface area (Å²) in [6, 6.07) is 4.00. The Morgan fingerprint density at radius 2 is 2.00 bits per heavy atom. The normalized spacial score (nSPS) is 12.1. The Morgan fingerprint density at radius 1 is 1.35 bits per heavy atom. The van der Waals surface area contributed by atoms with Crippen LogP contribution < -0.4 is 5.32 Å². The van der Waals surface area contributed by atoms with E-state index in [1.54, 1.807) is 7.05 Å². The third-order valence-corrected chi connectivity index (χ3v) is 2.79. The molecule has 0 aromatic heterocycles. The van der Waals surface area contributed by atoms with E-state index in [1.165, 1.54) is 18.2 Å². The van der Waals surface area contributed by atoms with Crippen LogP contribution in [0.25, 0.3) is 0 Å². The maximum absolute atomic E-state index is 13.4. The molecule has 1 rings (SSSR count). The number of hydrogen-bond acceptors (Lipinski definition) is 1. The van der Waals surface area contributed by atoms with Gasteiger partial charge in [0.25, 0.3) is 0 Å².